The van der Waals surface area contributed by atoms with Crippen LogP contribution >= 0.6 is 23.2 Å². The fourth-order valence-electron chi connectivity index (χ4n) is 1.60. The highest BCUT2D eigenvalue weighted by atomic mass is 35.5. The Morgan fingerprint density at radius 2 is 2.06 bits per heavy atom. The van der Waals surface area contributed by atoms with E-state index in [-0.39, 0.29) is 5.91 Å². The Balaban J connectivity index is 2.37. The van der Waals surface area contributed by atoms with Crippen LogP contribution in [0.2, 0.25) is 10.0 Å². The second-order valence-electron chi connectivity index (χ2n) is 3.90. The lowest BCUT2D eigenvalue weighted by atomic mass is 10.0. The molecule has 0 unspecified atom stereocenters. The van der Waals surface area contributed by atoms with Crippen molar-refractivity contribution in [1.82, 2.24) is 5.32 Å². The highest BCUT2D eigenvalue weighted by molar-refractivity contribution is 6.40. The van der Waals surface area contributed by atoms with Crippen molar-refractivity contribution in [2.45, 2.75) is 19.3 Å². The third-order valence-electron chi connectivity index (χ3n) is 2.67. The van der Waals surface area contributed by atoms with Gasteiger partial charge in [0.15, 0.2) is 0 Å². The van der Waals surface area contributed by atoms with Gasteiger partial charge in [0.2, 0.25) is 0 Å². The van der Waals surface area contributed by atoms with Gasteiger partial charge in [-0.3, -0.25) is 4.79 Å². The van der Waals surface area contributed by atoms with Crippen molar-refractivity contribution in [2.24, 2.45) is 0 Å². The van der Waals surface area contributed by atoms with E-state index in [4.69, 9.17) is 23.2 Å². The molecule has 1 radical (unpaired) electrons. The first-order valence-corrected chi connectivity index (χ1v) is 5.91. The molecule has 0 spiro atoms. The lowest BCUT2D eigenvalue weighted by molar-refractivity contribution is 0.0963. The van der Waals surface area contributed by atoms with E-state index in [2.05, 4.69) is 5.32 Å². The molecule has 0 heterocycles. The van der Waals surface area contributed by atoms with Gasteiger partial charge < -0.3 is 5.32 Å². The molecule has 0 aliphatic heterocycles. The summed E-state index contributed by atoms with van der Waals surface area (Å²) in [6, 6.07) is 3.62. The summed E-state index contributed by atoms with van der Waals surface area (Å²) in [5, 5.41) is 3.42. The van der Waals surface area contributed by atoms with Crippen LogP contribution in [0.3, 0.4) is 0 Å². The number of benzene rings is 1. The minimum absolute atomic E-state index is 0.238. The molecule has 1 amide bonds. The van der Waals surface area contributed by atoms with E-state index in [0.29, 0.717) is 15.6 Å². The number of carbonyl (C=O) groups excluding carboxylic acids is 1. The van der Waals surface area contributed by atoms with Gasteiger partial charge in [0.25, 0.3) is 5.91 Å². The summed E-state index contributed by atoms with van der Waals surface area (Å²) in [6.07, 6.45) is 3.21. The molecule has 1 aromatic rings. The van der Waals surface area contributed by atoms with Gasteiger partial charge in [-0.25, -0.2) is 0 Å². The summed E-state index contributed by atoms with van der Waals surface area (Å²) in [5.74, 6) is 1.24. The topological polar surface area (TPSA) is 29.1 Å². The average molecular weight is 257 g/mol. The van der Waals surface area contributed by atoms with E-state index in [1.165, 1.54) is 18.8 Å². The molecule has 0 atom stereocenters. The molecular weight excluding hydrogens is 245 g/mol. The van der Waals surface area contributed by atoms with Crippen LogP contribution in [0.15, 0.2) is 12.1 Å². The predicted octanol–water partition coefficient (Wildman–Crippen LogP) is 3.26. The number of hydrogen-bond acceptors (Lipinski definition) is 1. The van der Waals surface area contributed by atoms with E-state index >= 15 is 0 Å². The van der Waals surface area contributed by atoms with Crippen LogP contribution in [-0.2, 0) is 6.42 Å². The highest BCUT2D eigenvalue weighted by Crippen LogP contribution is 2.38. The molecule has 1 saturated carbocycles. The first-order chi connectivity index (χ1) is 7.63. The van der Waals surface area contributed by atoms with Gasteiger partial charge in [-0.15, -0.1) is 0 Å². The minimum atomic E-state index is -0.238. The molecule has 4 heteroatoms. The maximum Gasteiger partial charge on any atom is 0.254 e. The Hall–Kier alpha value is -0.730. The predicted molar refractivity (Wildman–Crippen MR) is 66.0 cm³/mol. The molecule has 85 valence electrons. The van der Waals surface area contributed by atoms with Crippen molar-refractivity contribution >= 4 is 29.1 Å². The molecule has 2 rings (SSSR count). The summed E-state index contributed by atoms with van der Waals surface area (Å²) in [5.41, 5.74) is 1.36. The molecule has 1 aromatic carbocycles. The van der Waals surface area contributed by atoms with E-state index in [9.17, 15) is 4.79 Å². The second kappa shape index (κ2) is 4.64. The monoisotopic (exact) mass is 256 g/mol. The minimum Gasteiger partial charge on any atom is -0.355 e. The van der Waals surface area contributed by atoms with E-state index in [1.807, 2.05) is 6.07 Å². The number of hydrogen-bond donors (Lipinski definition) is 1. The fraction of sp³-hybridized carbons (Fsp3) is 0.333. The summed E-state index contributed by atoms with van der Waals surface area (Å²) < 4.78 is 0. The molecule has 1 N–H and O–H groups in total. The van der Waals surface area contributed by atoms with Crippen molar-refractivity contribution in [3.8, 4) is 0 Å². The van der Waals surface area contributed by atoms with Crippen molar-refractivity contribution in [3.63, 3.8) is 0 Å². The maximum absolute atomic E-state index is 11.6. The largest absolute Gasteiger partial charge is 0.355 e. The van der Waals surface area contributed by atoms with Gasteiger partial charge in [-0.2, -0.15) is 0 Å². The standard InChI is InChI=1S/C12H12Cl2NO/c1-15-12(16)10-9(13)5-4-8(11(10)14)6-7-2-3-7/h4-5H,2-3,6H2,1H3,(H,15,16). The molecular formula is C12H12Cl2NO. The van der Waals surface area contributed by atoms with Crippen LogP contribution in [0.25, 0.3) is 0 Å². The lowest BCUT2D eigenvalue weighted by Gasteiger charge is -2.10. The Morgan fingerprint density at radius 3 is 2.62 bits per heavy atom. The van der Waals surface area contributed by atoms with Gasteiger partial charge >= 0.3 is 0 Å². The molecule has 1 fully saturated rings. The van der Waals surface area contributed by atoms with Crippen molar-refractivity contribution in [1.29, 1.82) is 0 Å². The summed E-state index contributed by atoms with van der Waals surface area (Å²) in [4.78, 5) is 11.6. The quantitative estimate of drug-likeness (QED) is 0.884. The van der Waals surface area contributed by atoms with Crippen molar-refractivity contribution in [2.75, 3.05) is 7.05 Å². The smallest absolute Gasteiger partial charge is 0.254 e. The van der Waals surface area contributed by atoms with E-state index in [1.54, 1.807) is 13.1 Å². The summed E-state index contributed by atoms with van der Waals surface area (Å²) >= 11 is 12.2. The zero-order valence-electron chi connectivity index (χ0n) is 8.94. The van der Waals surface area contributed by atoms with Gasteiger partial charge in [0.1, 0.15) is 0 Å². The molecule has 0 aromatic heterocycles. The lowest BCUT2D eigenvalue weighted by Crippen LogP contribution is -2.19. The Morgan fingerprint density at radius 1 is 1.38 bits per heavy atom. The zero-order chi connectivity index (χ0) is 11.7. The van der Waals surface area contributed by atoms with Gasteiger partial charge in [0.05, 0.1) is 15.6 Å². The van der Waals surface area contributed by atoms with Crippen LogP contribution in [0, 0.1) is 5.92 Å². The number of carbonyl (C=O) groups is 1. The average Bonchev–Trinajstić information content (AvgIpc) is 3.06. The van der Waals surface area contributed by atoms with Crippen LogP contribution in [0.5, 0.6) is 0 Å². The van der Waals surface area contributed by atoms with Crippen LogP contribution in [0.4, 0.5) is 0 Å². The third-order valence-corrected chi connectivity index (χ3v) is 3.42. The van der Waals surface area contributed by atoms with Crippen molar-refractivity contribution < 1.29 is 4.79 Å². The number of halogens is 2. The number of nitrogens with one attached hydrogen (secondary N) is 1. The molecule has 0 bridgehead atoms. The Labute approximate surface area is 105 Å². The molecule has 1 aliphatic carbocycles. The second-order valence-corrected chi connectivity index (χ2v) is 4.69. The SMILES string of the molecule is CNC(=O)c1c(Cl)ccc(C[C]2CC2)c1Cl. The summed E-state index contributed by atoms with van der Waals surface area (Å²) in [7, 11) is 1.57. The number of amides is 1. The van der Waals surface area contributed by atoms with E-state index in [0.717, 1.165) is 12.0 Å². The maximum atomic E-state index is 11.6. The Bertz CT molecular complexity index is 427. The first-order valence-electron chi connectivity index (χ1n) is 5.16. The summed E-state index contributed by atoms with van der Waals surface area (Å²) in [6.45, 7) is 0. The van der Waals surface area contributed by atoms with Crippen LogP contribution in [0.1, 0.15) is 28.8 Å². The molecule has 2 nitrogen and oxygen atoms in total. The van der Waals surface area contributed by atoms with Crippen molar-refractivity contribution in [3.05, 3.63) is 39.2 Å². The zero-order valence-corrected chi connectivity index (χ0v) is 10.5. The van der Waals surface area contributed by atoms with Gasteiger partial charge in [-0.05, 0) is 36.8 Å². The third kappa shape index (κ3) is 2.33. The normalized spacial score (nSPS) is 14.9. The first kappa shape index (κ1) is 11.7. The van der Waals surface area contributed by atoms with Crippen LogP contribution in [-0.4, -0.2) is 13.0 Å². The van der Waals surface area contributed by atoms with Gasteiger partial charge in [0, 0.05) is 7.05 Å². The van der Waals surface area contributed by atoms with E-state index < -0.39 is 0 Å². The fourth-order valence-corrected chi connectivity index (χ4v) is 2.21. The van der Waals surface area contributed by atoms with Crippen LogP contribution < -0.4 is 5.32 Å². The Kier molecular flexibility index (Phi) is 3.41. The molecule has 0 saturated heterocycles. The number of rotatable bonds is 3. The van der Waals surface area contributed by atoms with Gasteiger partial charge in [-0.1, -0.05) is 29.3 Å². The molecule has 16 heavy (non-hydrogen) atoms. The highest BCUT2D eigenvalue weighted by Gasteiger charge is 2.25. The molecule has 1 aliphatic rings.